The van der Waals surface area contributed by atoms with Gasteiger partial charge in [-0.25, -0.2) is 4.39 Å². The largest absolute Gasteiger partial charge is 0.486 e. The molecule has 1 atom stereocenters. The van der Waals surface area contributed by atoms with Gasteiger partial charge in [0.25, 0.3) is 0 Å². The van der Waals surface area contributed by atoms with Gasteiger partial charge < -0.3 is 4.74 Å². The minimum absolute atomic E-state index is 0.0834. The fourth-order valence-electron chi connectivity index (χ4n) is 1.04. The SMILES string of the molecule is CC(CS)COc1ccc(F)cc1[N+](=O)[O-]. The van der Waals surface area contributed by atoms with Crippen molar-refractivity contribution in [2.24, 2.45) is 5.92 Å². The van der Waals surface area contributed by atoms with Crippen molar-refractivity contribution < 1.29 is 14.1 Å². The van der Waals surface area contributed by atoms with Gasteiger partial charge in [-0.05, 0) is 23.8 Å². The summed E-state index contributed by atoms with van der Waals surface area (Å²) in [4.78, 5) is 9.97. The third-order valence-electron chi connectivity index (χ3n) is 1.95. The Morgan fingerprint density at radius 3 is 2.88 bits per heavy atom. The highest BCUT2D eigenvalue weighted by Crippen LogP contribution is 2.27. The molecule has 0 amide bonds. The Balaban J connectivity index is 2.82. The molecule has 0 spiro atoms. The van der Waals surface area contributed by atoms with Crippen LogP contribution in [0.2, 0.25) is 0 Å². The molecule has 1 aromatic carbocycles. The first-order valence-corrected chi connectivity index (χ1v) is 5.35. The third kappa shape index (κ3) is 3.37. The molecule has 0 N–H and O–H groups in total. The maximum absolute atomic E-state index is 12.8. The molecule has 0 fully saturated rings. The van der Waals surface area contributed by atoms with Crippen LogP contribution < -0.4 is 4.74 Å². The summed E-state index contributed by atoms with van der Waals surface area (Å²) in [6.45, 7) is 2.22. The Hall–Kier alpha value is -1.30. The number of nitro groups is 1. The predicted molar refractivity (Wildman–Crippen MR) is 61.6 cm³/mol. The zero-order chi connectivity index (χ0) is 12.1. The number of nitro benzene ring substituents is 1. The van der Waals surface area contributed by atoms with Crippen molar-refractivity contribution in [1.82, 2.24) is 0 Å². The average molecular weight is 245 g/mol. The molecule has 0 saturated heterocycles. The normalized spacial score (nSPS) is 12.2. The average Bonchev–Trinajstić information content (AvgIpc) is 2.26. The van der Waals surface area contributed by atoms with Crippen LogP contribution in [0, 0.1) is 21.8 Å². The van der Waals surface area contributed by atoms with Crippen molar-refractivity contribution in [2.45, 2.75) is 6.92 Å². The number of nitrogens with zero attached hydrogens (tertiary/aromatic N) is 1. The lowest BCUT2D eigenvalue weighted by Gasteiger charge is -2.10. The number of hydrogen-bond acceptors (Lipinski definition) is 4. The second-order valence-corrected chi connectivity index (χ2v) is 3.83. The maximum atomic E-state index is 12.8. The zero-order valence-corrected chi connectivity index (χ0v) is 9.62. The molecular formula is C10H12FNO3S. The summed E-state index contributed by atoms with van der Waals surface area (Å²) in [5.41, 5.74) is -0.355. The number of rotatable bonds is 5. The predicted octanol–water partition coefficient (Wildman–Crippen LogP) is 2.68. The summed E-state index contributed by atoms with van der Waals surface area (Å²) in [7, 11) is 0. The molecule has 0 aromatic heterocycles. The minimum atomic E-state index is -0.663. The lowest BCUT2D eigenvalue weighted by molar-refractivity contribution is -0.386. The van der Waals surface area contributed by atoms with Crippen molar-refractivity contribution >= 4 is 18.3 Å². The van der Waals surface area contributed by atoms with E-state index in [1.807, 2.05) is 6.92 Å². The van der Waals surface area contributed by atoms with Crippen LogP contribution >= 0.6 is 12.6 Å². The summed E-state index contributed by atoms with van der Waals surface area (Å²) < 4.78 is 18.0. The third-order valence-corrected chi connectivity index (χ3v) is 2.58. The summed E-state index contributed by atoms with van der Waals surface area (Å²) in [6, 6.07) is 3.24. The van der Waals surface area contributed by atoms with E-state index in [4.69, 9.17) is 4.74 Å². The molecule has 1 rings (SSSR count). The smallest absolute Gasteiger partial charge is 0.313 e. The van der Waals surface area contributed by atoms with Gasteiger partial charge in [-0.1, -0.05) is 6.92 Å². The molecule has 88 valence electrons. The molecule has 1 aromatic rings. The molecule has 0 heterocycles. The van der Waals surface area contributed by atoms with E-state index in [1.54, 1.807) is 0 Å². The molecular weight excluding hydrogens is 233 g/mol. The van der Waals surface area contributed by atoms with Gasteiger partial charge >= 0.3 is 5.69 Å². The van der Waals surface area contributed by atoms with Crippen molar-refractivity contribution in [3.05, 3.63) is 34.1 Å². The first-order chi connectivity index (χ1) is 7.54. The van der Waals surface area contributed by atoms with Gasteiger partial charge in [0.15, 0.2) is 5.75 Å². The second kappa shape index (κ2) is 5.69. The molecule has 0 saturated carbocycles. The Kier molecular flexibility index (Phi) is 4.54. The van der Waals surface area contributed by atoms with Gasteiger partial charge in [0, 0.05) is 0 Å². The van der Waals surface area contributed by atoms with Crippen LogP contribution in [0.4, 0.5) is 10.1 Å². The van der Waals surface area contributed by atoms with Crippen LogP contribution in [-0.4, -0.2) is 17.3 Å². The highest BCUT2D eigenvalue weighted by atomic mass is 32.1. The van der Waals surface area contributed by atoms with Crippen LogP contribution in [0.5, 0.6) is 5.75 Å². The van der Waals surface area contributed by atoms with Crippen LogP contribution in [0.1, 0.15) is 6.92 Å². The van der Waals surface area contributed by atoms with E-state index in [9.17, 15) is 14.5 Å². The highest BCUT2D eigenvalue weighted by molar-refractivity contribution is 7.80. The molecule has 0 aliphatic heterocycles. The number of benzene rings is 1. The second-order valence-electron chi connectivity index (χ2n) is 3.47. The van der Waals surface area contributed by atoms with Gasteiger partial charge in [-0.3, -0.25) is 10.1 Å². The Labute approximate surface area is 98.0 Å². The van der Waals surface area contributed by atoms with Crippen LogP contribution in [-0.2, 0) is 0 Å². The summed E-state index contributed by atoms with van der Waals surface area (Å²) in [6.07, 6.45) is 0. The van der Waals surface area contributed by atoms with Gasteiger partial charge in [0.1, 0.15) is 5.82 Å². The van der Waals surface area contributed by atoms with E-state index in [1.165, 1.54) is 6.07 Å². The van der Waals surface area contributed by atoms with E-state index >= 15 is 0 Å². The quantitative estimate of drug-likeness (QED) is 0.493. The summed E-state index contributed by atoms with van der Waals surface area (Å²) in [5, 5.41) is 10.6. The lowest BCUT2D eigenvalue weighted by atomic mass is 10.2. The molecule has 0 aliphatic carbocycles. The molecule has 0 aliphatic rings. The summed E-state index contributed by atoms with van der Waals surface area (Å²) >= 11 is 4.07. The molecule has 1 unspecified atom stereocenters. The van der Waals surface area contributed by atoms with Crippen molar-refractivity contribution in [1.29, 1.82) is 0 Å². The molecule has 16 heavy (non-hydrogen) atoms. The fourth-order valence-corrected chi connectivity index (χ4v) is 1.15. The Bertz CT molecular complexity index is 386. The van der Waals surface area contributed by atoms with Crippen LogP contribution in [0.15, 0.2) is 18.2 Å². The lowest BCUT2D eigenvalue weighted by Crippen LogP contribution is -2.10. The topological polar surface area (TPSA) is 52.4 Å². The molecule has 6 heteroatoms. The first-order valence-electron chi connectivity index (χ1n) is 4.72. The first kappa shape index (κ1) is 12.8. The van der Waals surface area contributed by atoms with E-state index in [0.29, 0.717) is 12.4 Å². The van der Waals surface area contributed by atoms with Crippen molar-refractivity contribution in [2.75, 3.05) is 12.4 Å². The number of hydrogen-bond donors (Lipinski definition) is 1. The van der Waals surface area contributed by atoms with E-state index in [2.05, 4.69) is 12.6 Å². The van der Waals surface area contributed by atoms with E-state index in [-0.39, 0.29) is 17.4 Å². The Morgan fingerprint density at radius 2 is 2.31 bits per heavy atom. The van der Waals surface area contributed by atoms with Gasteiger partial charge in [0.05, 0.1) is 17.6 Å². The van der Waals surface area contributed by atoms with Crippen molar-refractivity contribution in [3.8, 4) is 5.75 Å². The van der Waals surface area contributed by atoms with E-state index in [0.717, 1.165) is 12.1 Å². The van der Waals surface area contributed by atoms with Crippen molar-refractivity contribution in [3.63, 3.8) is 0 Å². The van der Waals surface area contributed by atoms with Crippen LogP contribution in [0.3, 0.4) is 0 Å². The zero-order valence-electron chi connectivity index (χ0n) is 8.72. The van der Waals surface area contributed by atoms with Gasteiger partial charge in [-0.2, -0.15) is 12.6 Å². The minimum Gasteiger partial charge on any atom is -0.486 e. The van der Waals surface area contributed by atoms with Gasteiger partial charge in [-0.15, -0.1) is 0 Å². The Morgan fingerprint density at radius 1 is 1.62 bits per heavy atom. The fraction of sp³-hybridized carbons (Fsp3) is 0.400. The molecule has 0 bridgehead atoms. The van der Waals surface area contributed by atoms with Gasteiger partial charge in [0.2, 0.25) is 0 Å². The number of thiol groups is 1. The summed E-state index contributed by atoms with van der Waals surface area (Å²) in [5.74, 6) is 0.226. The number of halogens is 1. The number of ether oxygens (including phenoxy) is 1. The molecule has 0 radical (unpaired) electrons. The molecule has 4 nitrogen and oxygen atoms in total. The standard InChI is InChI=1S/C10H12FNO3S/c1-7(6-16)5-15-10-3-2-8(11)4-9(10)12(13)14/h2-4,7,16H,5-6H2,1H3. The van der Waals surface area contributed by atoms with E-state index < -0.39 is 10.7 Å². The van der Waals surface area contributed by atoms with Crippen LogP contribution in [0.25, 0.3) is 0 Å². The maximum Gasteiger partial charge on any atom is 0.313 e. The monoisotopic (exact) mass is 245 g/mol. The highest BCUT2D eigenvalue weighted by Gasteiger charge is 2.16.